The molecule has 17 heavy (non-hydrogen) atoms. The van der Waals surface area contributed by atoms with E-state index in [4.69, 9.17) is 0 Å². The van der Waals surface area contributed by atoms with Crippen LogP contribution in [0.25, 0.3) is 0 Å². The second-order valence-corrected chi connectivity index (χ2v) is 5.49. The van der Waals surface area contributed by atoms with Crippen LogP contribution in [0.4, 0.5) is 0 Å². The molecule has 0 aliphatic carbocycles. The monoisotopic (exact) mass is 260 g/mol. The maximum atomic E-state index is 12.1. The van der Waals surface area contributed by atoms with Crippen molar-refractivity contribution in [1.29, 1.82) is 0 Å². The zero-order valence-corrected chi connectivity index (χ0v) is 11.8. The molecule has 4 heteroatoms. The molecule has 2 rings (SSSR count). The van der Waals surface area contributed by atoms with Gasteiger partial charge in [-0.15, -0.1) is 12.4 Å². The van der Waals surface area contributed by atoms with Crippen LogP contribution in [0, 0.1) is 11.8 Å². The fourth-order valence-corrected chi connectivity index (χ4v) is 2.88. The summed E-state index contributed by atoms with van der Waals surface area (Å²) in [5, 5.41) is 3.36. The summed E-state index contributed by atoms with van der Waals surface area (Å²) in [5.41, 5.74) is 0. The summed E-state index contributed by atoms with van der Waals surface area (Å²) >= 11 is 0. The highest BCUT2D eigenvalue weighted by atomic mass is 35.5. The molecule has 3 atom stereocenters. The summed E-state index contributed by atoms with van der Waals surface area (Å²) in [6.45, 7) is 7.66. The summed E-state index contributed by atoms with van der Waals surface area (Å²) in [4.78, 5) is 14.2. The molecule has 3 nitrogen and oxygen atoms in total. The fraction of sp³-hybridized carbons (Fsp3) is 0.923. The van der Waals surface area contributed by atoms with Gasteiger partial charge < -0.3 is 10.2 Å². The lowest BCUT2D eigenvalue weighted by atomic mass is 10.0. The number of likely N-dealkylation sites (tertiary alicyclic amines) is 1. The normalized spacial score (nSPS) is 32.6. The van der Waals surface area contributed by atoms with Gasteiger partial charge in [0, 0.05) is 19.0 Å². The van der Waals surface area contributed by atoms with Crippen LogP contribution >= 0.6 is 12.4 Å². The molecule has 0 bridgehead atoms. The predicted molar refractivity (Wildman–Crippen MR) is 72.4 cm³/mol. The standard InChI is InChI=1S/C13H24N2O.ClH/c1-10-6-8-15(11(10)2)13(16)4-3-12-5-7-14-9-12;/h10-12,14H,3-9H2,1-2H3;1H. The van der Waals surface area contributed by atoms with Gasteiger partial charge in [-0.05, 0) is 51.1 Å². The van der Waals surface area contributed by atoms with E-state index in [1.165, 1.54) is 12.8 Å². The molecule has 100 valence electrons. The molecular formula is C13H25ClN2O. The first kappa shape index (κ1) is 14.8. The highest BCUT2D eigenvalue weighted by Crippen LogP contribution is 2.25. The second kappa shape index (κ2) is 6.60. The summed E-state index contributed by atoms with van der Waals surface area (Å²) in [6.07, 6.45) is 4.25. The van der Waals surface area contributed by atoms with Gasteiger partial charge in [0.05, 0.1) is 0 Å². The number of rotatable bonds is 3. The Balaban J connectivity index is 0.00000144. The van der Waals surface area contributed by atoms with Crippen LogP contribution in [-0.4, -0.2) is 36.5 Å². The molecule has 3 unspecified atom stereocenters. The van der Waals surface area contributed by atoms with Crippen molar-refractivity contribution in [2.24, 2.45) is 11.8 Å². The number of nitrogens with zero attached hydrogens (tertiary/aromatic N) is 1. The van der Waals surface area contributed by atoms with Crippen LogP contribution in [-0.2, 0) is 4.79 Å². The van der Waals surface area contributed by atoms with Crippen LogP contribution < -0.4 is 5.32 Å². The number of carbonyl (C=O) groups is 1. The van der Waals surface area contributed by atoms with Crippen molar-refractivity contribution in [3.63, 3.8) is 0 Å². The fourth-order valence-electron chi connectivity index (χ4n) is 2.88. The van der Waals surface area contributed by atoms with Crippen LogP contribution in [0.15, 0.2) is 0 Å². The minimum absolute atomic E-state index is 0. The number of halogens is 1. The Morgan fingerprint density at radius 2 is 2.12 bits per heavy atom. The number of carbonyl (C=O) groups excluding carboxylic acids is 1. The number of hydrogen-bond donors (Lipinski definition) is 1. The molecule has 0 aromatic carbocycles. The molecule has 2 aliphatic rings. The Bertz CT molecular complexity index is 254. The zero-order chi connectivity index (χ0) is 11.5. The minimum atomic E-state index is 0. The molecule has 0 saturated carbocycles. The Labute approximate surface area is 111 Å². The lowest BCUT2D eigenvalue weighted by Gasteiger charge is -2.24. The molecule has 2 saturated heterocycles. The maximum absolute atomic E-state index is 12.1. The topological polar surface area (TPSA) is 32.3 Å². The van der Waals surface area contributed by atoms with E-state index in [1.54, 1.807) is 0 Å². The summed E-state index contributed by atoms with van der Waals surface area (Å²) in [7, 11) is 0. The van der Waals surface area contributed by atoms with Crippen molar-refractivity contribution >= 4 is 18.3 Å². The Hall–Kier alpha value is -0.280. The van der Waals surface area contributed by atoms with Gasteiger partial charge in [-0.1, -0.05) is 6.92 Å². The summed E-state index contributed by atoms with van der Waals surface area (Å²) in [5.74, 6) is 1.79. The molecule has 2 fully saturated rings. The van der Waals surface area contributed by atoms with Gasteiger partial charge in [-0.25, -0.2) is 0 Å². The lowest BCUT2D eigenvalue weighted by Crippen LogP contribution is -2.35. The SMILES string of the molecule is CC1CCN(C(=O)CCC2CCNC2)C1C.Cl. The van der Waals surface area contributed by atoms with Gasteiger partial charge in [0.15, 0.2) is 0 Å². The first-order valence-electron chi connectivity index (χ1n) is 6.68. The molecule has 1 amide bonds. The number of hydrogen-bond acceptors (Lipinski definition) is 2. The first-order chi connectivity index (χ1) is 7.68. The van der Waals surface area contributed by atoms with E-state index in [2.05, 4.69) is 24.1 Å². The van der Waals surface area contributed by atoms with Gasteiger partial charge in [0.2, 0.25) is 5.91 Å². The number of nitrogens with one attached hydrogen (secondary N) is 1. The van der Waals surface area contributed by atoms with Gasteiger partial charge in [0.25, 0.3) is 0 Å². The van der Waals surface area contributed by atoms with Crippen LogP contribution in [0.1, 0.15) is 39.5 Å². The van der Waals surface area contributed by atoms with E-state index >= 15 is 0 Å². The maximum Gasteiger partial charge on any atom is 0.222 e. The molecule has 0 aromatic rings. The smallest absolute Gasteiger partial charge is 0.222 e. The third-order valence-electron chi connectivity index (χ3n) is 4.39. The third-order valence-corrected chi connectivity index (χ3v) is 4.39. The van der Waals surface area contributed by atoms with Crippen LogP contribution in [0.3, 0.4) is 0 Å². The molecular weight excluding hydrogens is 236 g/mol. The lowest BCUT2D eigenvalue weighted by molar-refractivity contribution is -0.132. The van der Waals surface area contributed by atoms with E-state index in [9.17, 15) is 4.79 Å². The van der Waals surface area contributed by atoms with Crippen molar-refractivity contribution in [3.8, 4) is 0 Å². The van der Waals surface area contributed by atoms with Crippen molar-refractivity contribution in [3.05, 3.63) is 0 Å². The van der Waals surface area contributed by atoms with E-state index in [0.29, 0.717) is 17.9 Å². The highest BCUT2D eigenvalue weighted by molar-refractivity contribution is 5.85. The minimum Gasteiger partial charge on any atom is -0.340 e. The van der Waals surface area contributed by atoms with Crippen LogP contribution in [0.5, 0.6) is 0 Å². The predicted octanol–water partition coefficient (Wildman–Crippen LogP) is 2.05. The van der Waals surface area contributed by atoms with E-state index in [-0.39, 0.29) is 12.4 Å². The molecule has 0 spiro atoms. The van der Waals surface area contributed by atoms with E-state index < -0.39 is 0 Å². The van der Waals surface area contributed by atoms with Crippen molar-refractivity contribution in [2.45, 2.75) is 45.6 Å². The molecule has 0 radical (unpaired) electrons. The Morgan fingerprint density at radius 1 is 1.35 bits per heavy atom. The first-order valence-corrected chi connectivity index (χ1v) is 6.68. The molecule has 1 N–H and O–H groups in total. The molecule has 2 heterocycles. The van der Waals surface area contributed by atoms with Crippen LogP contribution in [0.2, 0.25) is 0 Å². The third kappa shape index (κ3) is 3.59. The summed E-state index contributed by atoms with van der Waals surface area (Å²) in [6, 6.07) is 0.453. The molecule has 0 aromatic heterocycles. The van der Waals surface area contributed by atoms with Gasteiger partial charge in [0.1, 0.15) is 0 Å². The van der Waals surface area contributed by atoms with E-state index in [1.807, 2.05) is 0 Å². The van der Waals surface area contributed by atoms with E-state index in [0.717, 1.165) is 38.4 Å². The second-order valence-electron chi connectivity index (χ2n) is 5.49. The number of amides is 1. The quantitative estimate of drug-likeness (QED) is 0.843. The van der Waals surface area contributed by atoms with Crippen molar-refractivity contribution < 1.29 is 4.79 Å². The average Bonchev–Trinajstić information content (AvgIpc) is 2.88. The molecule has 2 aliphatic heterocycles. The van der Waals surface area contributed by atoms with Crippen molar-refractivity contribution in [1.82, 2.24) is 10.2 Å². The van der Waals surface area contributed by atoms with Gasteiger partial charge >= 0.3 is 0 Å². The highest BCUT2D eigenvalue weighted by Gasteiger charge is 2.30. The van der Waals surface area contributed by atoms with Crippen molar-refractivity contribution in [2.75, 3.05) is 19.6 Å². The average molecular weight is 261 g/mol. The Kier molecular flexibility index (Phi) is 5.74. The van der Waals surface area contributed by atoms with Gasteiger partial charge in [-0.3, -0.25) is 4.79 Å². The van der Waals surface area contributed by atoms with Gasteiger partial charge in [-0.2, -0.15) is 0 Å². The summed E-state index contributed by atoms with van der Waals surface area (Å²) < 4.78 is 0. The Morgan fingerprint density at radius 3 is 2.65 bits per heavy atom. The zero-order valence-electron chi connectivity index (χ0n) is 10.9. The largest absolute Gasteiger partial charge is 0.340 e.